The first-order chi connectivity index (χ1) is 5.11. The highest BCUT2D eigenvalue weighted by molar-refractivity contribution is 6.62. The number of nitrogens with zero attached hydrogens (tertiary/aromatic N) is 1. The maximum Gasteiger partial charge on any atom is 0.491 e. The van der Waals surface area contributed by atoms with Crippen molar-refractivity contribution in [3.05, 3.63) is 17.4 Å². The smallest absolute Gasteiger partial charge is 0.491 e. The first kappa shape index (κ1) is 8.32. The molecule has 1 rings (SSSR count). The first-order valence-electron chi connectivity index (χ1n) is 2.82. The van der Waals surface area contributed by atoms with Gasteiger partial charge in [-0.25, -0.2) is 4.98 Å². The van der Waals surface area contributed by atoms with Crippen LogP contribution >= 0.6 is 11.6 Å². The van der Waals surface area contributed by atoms with Crippen LogP contribution in [0.2, 0.25) is 5.15 Å². The highest BCUT2D eigenvalue weighted by Crippen LogP contribution is 2.07. The summed E-state index contributed by atoms with van der Waals surface area (Å²) in [7, 11) is -1.71. The third-order valence-corrected chi connectivity index (χ3v) is 1.45. The lowest BCUT2D eigenvalue weighted by molar-refractivity contribution is 0.424. The molecule has 0 saturated heterocycles. The fourth-order valence-corrected chi connectivity index (χ4v) is 0.835. The van der Waals surface area contributed by atoms with Crippen molar-refractivity contribution in [2.45, 2.75) is 0 Å². The van der Waals surface area contributed by atoms with E-state index < -0.39 is 7.12 Å². The van der Waals surface area contributed by atoms with Gasteiger partial charge in [0.15, 0.2) is 0 Å². The number of pyridine rings is 1. The third-order valence-electron chi connectivity index (χ3n) is 1.13. The van der Waals surface area contributed by atoms with Crippen LogP contribution in [0.25, 0.3) is 0 Å². The van der Waals surface area contributed by atoms with Crippen LogP contribution < -0.4 is 5.46 Å². The highest BCUT2D eigenvalue weighted by Gasteiger charge is 2.16. The molecule has 0 bridgehead atoms. The van der Waals surface area contributed by atoms with Crippen LogP contribution in [0.1, 0.15) is 0 Å². The molecule has 0 aliphatic rings. The quantitative estimate of drug-likeness (QED) is 0.381. The van der Waals surface area contributed by atoms with Gasteiger partial charge in [-0.15, -0.1) is 0 Å². The number of halogens is 1. The van der Waals surface area contributed by atoms with Crippen LogP contribution in [0.4, 0.5) is 0 Å². The summed E-state index contributed by atoms with van der Waals surface area (Å²) >= 11 is 5.45. The largest absolute Gasteiger partial charge is 0.506 e. The minimum absolute atomic E-state index is 0.00772. The van der Waals surface area contributed by atoms with E-state index in [0.717, 1.165) is 12.3 Å². The van der Waals surface area contributed by atoms with Gasteiger partial charge in [-0.3, -0.25) is 0 Å². The standard InChI is InChI=1S/C5H5BClNO3/c7-5-4(6(10)11)1-3(9)2-8-5/h1-2,9-11H. The zero-order valence-corrected chi connectivity index (χ0v) is 6.15. The van der Waals surface area contributed by atoms with E-state index in [9.17, 15) is 0 Å². The van der Waals surface area contributed by atoms with Crippen LogP contribution in [-0.4, -0.2) is 27.3 Å². The SMILES string of the molecule is OB(O)c1cc(O)cnc1Cl. The second-order valence-corrected chi connectivity index (χ2v) is 2.31. The van der Waals surface area contributed by atoms with Crippen LogP contribution in [-0.2, 0) is 0 Å². The molecule has 1 aromatic rings. The Balaban J connectivity index is 3.13. The molecule has 11 heavy (non-hydrogen) atoms. The summed E-state index contributed by atoms with van der Waals surface area (Å²) in [4.78, 5) is 3.50. The Bertz CT molecular complexity index is 268. The van der Waals surface area contributed by atoms with Crippen molar-refractivity contribution < 1.29 is 15.2 Å². The van der Waals surface area contributed by atoms with Crippen molar-refractivity contribution in [3.8, 4) is 5.75 Å². The molecule has 0 unspecified atom stereocenters. The zero-order valence-electron chi connectivity index (χ0n) is 5.40. The van der Waals surface area contributed by atoms with Gasteiger partial charge in [-0.1, -0.05) is 11.6 Å². The number of aromatic hydroxyl groups is 1. The molecule has 0 aliphatic carbocycles. The summed E-state index contributed by atoms with van der Waals surface area (Å²) in [6, 6.07) is 1.14. The van der Waals surface area contributed by atoms with E-state index >= 15 is 0 Å². The van der Waals surface area contributed by atoms with Gasteiger partial charge < -0.3 is 15.2 Å². The fraction of sp³-hybridized carbons (Fsp3) is 0. The Labute approximate surface area is 68.2 Å². The van der Waals surface area contributed by atoms with Gasteiger partial charge in [-0.05, 0) is 6.07 Å². The molecule has 0 amide bonds. The Morgan fingerprint density at radius 2 is 2.09 bits per heavy atom. The monoisotopic (exact) mass is 173 g/mol. The molecular weight excluding hydrogens is 168 g/mol. The predicted molar refractivity (Wildman–Crippen MR) is 40.7 cm³/mol. The number of hydrogen-bond acceptors (Lipinski definition) is 4. The molecule has 4 nitrogen and oxygen atoms in total. The number of aromatic nitrogens is 1. The molecule has 0 aliphatic heterocycles. The Morgan fingerprint density at radius 3 is 2.55 bits per heavy atom. The Hall–Kier alpha value is -0.775. The molecule has 0 saturated carbocycles. The van der Waals surface area contributed by atoms with Gasteiger partial charge in [0.05, 0.1) is 6.20 Å². The van der Waals surface area contributed by atoms with Crippen molar-refractivity contribution in [1.29, 1.82) is 0 Å². The second-order valence-electron chi connectivity index (χ2n) is 1.95. The predicted octanol–water partition coefficient (Wildman–Crippen LogP) is -0.880. The minimum atomic E-state index is -1.71. The summed E-state index contributed by atoms with van der Waals surface area (Å²) in [6.45, 7) is 0. The summed E-state index contributed by atoms with van der Waals surface area (Å²) in [5, 5.41) is 26.1. The first-order valence-corrected chi connectivity index (χ1v) is 3.19. The lowest BCUT2D eigenvalue weighted by atomic mass is 9.81. The molecular formula is C5H5BClNO3. The van der Waals surface area contributed by atoms with Gasteiger partial charge in [0, 0.05) is 5.46 Å². The topological polar surface area (TPSA) is 73.6 Å². The average molecular weight is 173 g/mol. The van der Waals surface area contributed by atoms with Gasteiger partial charge in [0.2, 0.25) is 0 Å². The van der Waals surface area contributed by atoms with Crippen molar-refractivity contribution >= 4 is 24.2 Å². The van der Waals surface area contributed by atoms with Crippen molar-refractivity contribution in [2.24, 2.45) is 0 Å². The van der Waals surface area contributed by atoms with Gasteiger partial charge in [-0.2, -0.15) is 0 Å². The highest BCUT2D eigenvalue weighted by atomic mass is 35.5. The maximum atomic E-state index is 8.84. The normalized spacial score (nSPS) is 9.73. The molecule has 3 N–H and O–H groups in total. The van der Waals surface area contributed by atoms with E-state index in [4.69, 9.17) is 26.8 Å². The third kappa shape index (κ3) is 1.83. The van der Waals surface area contributed by atoms with E-state index in [1.165, 1.54) is 0 Å². The zero-order chi connectivity index (χ0) is 8.43. The van der Waals surface area contributed by atoms with Crippen LogP contribution in [0.15, 0.2) is 12.3 Å². The molecule has 6 heteroatoms. The second kappa shape index (κ2) is 3.08. The van der Waals surface area contributed by atoms with E-state index in [-0.39, 0.29) is 16.4 Å². The minimum Gasteiger partial charge on any atom is -0.506 e. The molecule has 0 fully saturated rings. The van der Waals surface area contributed by atoms with Crippen LogP contribution in [0.5, 0.6) is 5.75 Å². The van der Waals surface area contributed by atoms with Crippen molar-refractivity contribution in [3.63, 3.8) is 0 Å². The lowest BCUT2D eigenvalue weighted by Gasteiger charge is -2.00. The molecule has 0 atom stereocenters. The van der Waals surface area contributed by atoms with Gasteiger partial charge >= 0.3 is 7.12 Å². The summed E-state index contributed by atoms with van der Waals surface area (Å²) in [6.07, 6.45) is 1.12. The van der Waals surface area contributed by atoms with Crippen LogP contribution in [0, 0.1) is 0 Å². The average Bonchev–Trinajstić information content (AvgIpc) is 1.94. The molecule has 1 heterocycles. The number of rotatable bonds is 1. The lowest BCUT2D eigenvalue weighted by Crippen LogP contribution is -2.31. The molecule has 0 radical (unpaired) electrons. The van der Waals surface area contributed by atoms with Crippen molar-refractivity contribution in [1.82, 2.24) is 4.98 Å². The Morgan fingerprint density at radius 1 is 1.45 bits per heavy atom. The fourth-order valence-electron chi connectivity index (χ4n) is 0.635. The van der Waals surface area contributed by atoms with Gasteiger partial charge in [0.25, 0.3) is 0 Å². The Kier molecular flexibility index (Phi) is 2.33. The van der Waals surface area contributed by atoms with Crippen LogP contribution in [0.3, 0.4) is 0 Å². The summed E-state index contributed by atoms with van der Waals surface area (Å²) in [5.41, 5.74) is -0.00772. The molecule has 0 spiro atoms. The van der Waals surface area contributed by atoms with E-state index in [1.807, 2.05) is 0 Å². The maximum absolute atomic E-state index is 8.84. The number of hydrogen-bond donors (Lipinski definition) is 3. The van der Waals surface area contributed by atoms with Crippen molar-refractivity contribution in [2.75, 3.05) is 0 Å². The molecule has 58 valence electrons. The van der Waals surface area contributed by atoms with E-state index in [2.05, 4.69) is 4.98 Å². The van der Waals surface area contributed by atoms with Gasteiger partial charge in [0.1, 0.15) is 10.9 Å². The summed E-state index contributed by atoms with van der Waals surface area (Å²) < 4.78 is 0. The van der Waals surface area contributed by atoms with E-state index in [0.29, 0.717) is 0 Å². The molecule has 1 aromatic heterocycles. The molecule has 0 aromatic carbocycles. The summed E-state index contributed by atoms with van der Waals surface area (Å²) in [5.74, 6) is -0.155. The van der Waals surface area contributed by atoms with E-state index in [1.54, 1.807) is 0 Å².